The van der Waals surface area contributed by atoms with Crippen molar-refractivity contribution in [1.29, 1.82) is 0 Å². The molecule has 25 heavy (non-hydrogen) atoms. The van der Waals surface area contributed by atoms with Crippen LogP contribution in [-0.4, -0.2) is 42.1 Å². The average molecular weight is 344 g/mol. The highest BCUT2D eigenvalue weighted by Gasteiger charge is 2.26. The van der Waals surface area contributed by atoms with Crippen molar-refractivity contribution in [3.63, 3.8) is 0 Å². The second kappa shape index (κ2) is 8.81. The summed E-state index contributed by atoms with van der Waals surface area (Å²) in [4.78, 5) is 14.6. The fourth-order valence-electron chi connectivity index (χ4n) is 4.04. The van der Waals surface area contributed by atoms with E-state index in [1.165, 1.54) is 44.1 Å². The zero-order valence-electron chi connectivity index (χ0n) is 15.7. The van der Waals surface area contributed by atoms with Gasteiger partial charge in [-0.1, -0.05) is 37.8 Å². The number of benzene rings is 1. The van der Waals surface area contributed by atoms with E-state index in [2.05, 4.69) is 17.4 Å². The molecule has 1 aromatic carbocycles. The number of carbonyl (C=O) groups excluding carboxylic acids is 1. The summed E-state index contributed by atoms with van der Waals surface area (Å²) in [7, 11) is 0. The van der Waals surface area contributed by atoms with Crippen LogP contribution >= 0.6 is 0 Å². The van der Waals surface area contributed by atoms with E-state index in [0.29, 0.717) is 19.1 Å². The fraction of sp³-hybridized carbons (Fsp3) is 0.667. The van der Waals surface area contributed by atoms with Gasteiger partial charge in [0, 0.05) is 31.2 Å². The van der Waals surface area contributed by atoms with Gasteiger partial charge in [0.15, 0.2) is 0 Å². The van der Waals surface area contributed by atoms with Crippen molar-refractivity contribution >= 4 is 5.91 Å². The van der Waals surface area contributed by atoms with Crippen molar-refractivity contribution in [2.75, 3.05) is 13.1 Å². The lowest BCUT2D eigenvalue weighted by Gasteiger charge is -2.35. The molecule has 2 fully saturated rings. The minimum absolute atomic E-state index is 0.107. The summed E-state index contributed by atoms with van der Waals surface area (Å²) >= 11 is 0. The number of carbonyl (C=O) groups is 1. The normalized spacial score (nSPS) is 25.6. The van der Waals surface area contributed by atoms with Crippen LogP contribution in [0.4, 0.5) is 0 Å². The second-order valence-electron chi connectivity index (χ2n) is 7.73. The van der Waals surface area contributed by atoms with Gasteiger partial charge in [0.25, 0.3) is 5.91 Å². The van der Waals surface area contributed by atoms with Gasteiger partial charge in [-0.25, -0.2) is 0 Å². The molecule has 2 unspecified atom stereocenters. The maximum Gasteiger partial charge on any atom is 0.254 e. The van der Waals surface area contributed by atoms with Gasteiger partial charge in [0.1, 0.15) is 0 Å². The van der Waals surface area contributed by atoms with Crippen LogP contribution in [-0.2, 0) is 11.3 Å². The first-order chi connectivity index (χ1) is 12.1. The maximum absolute atomic E-state index is 12.7. The van der Waals surface area contributed by atoms with Crippen LogP contribution in [0.2, 0.25) is 0 Å². The predicted octanol–water partition coefficient (Wildman–Crippen LogP) is 3.75. The van der Waals surface area contributed by atoms with E-state index >= 15 is 0 Å². The first-order valence-electron chi connectivity index (χ1n) is 9.89. The highest BCUT2D eigenvalue weighted by Crippen LogP contribution is 2.18. The molecule has 138 valence electrons. The summed E-state index contributed by atoms with van der Waals surface area (Å²) in [5.41, 5.74) is 2.03. The van der Waals surface area contributed by atoms with Crippen LogP contribution in [0.5, 0.6) is 0 Å². The Labute approximate surface area is 151 Å². The smallest absolute Gasteiger partial charge is 0.254 e. The van der Waals surface area contributed by atoms with Gasteiger partial charge < -0.3 is 15.0 Å². The second-order valence-corrected chi connectivity index (χ2v) is 7.73. The van der Waals surface area contributed by atoms with Gasteiger partial charge in [-0.05, 0) is 44.4 Å². The number of amides is 1. The molecule has 4 heteroatoms. The molecule has 1 aliphatic carbocycles. The molecule has 0 spiro atoms. The van der Waals surface area contributed by atoms with Crippen LogP contribution in [0.3, 0.4) is 0 Å². The molecule has 1 aliphatic heterocycles. The van der Waals surface area contributed by atoms with Gasteiger partial charge in [-0.3, -0.25) is 4.79 Å². The Balaban J connectivity index is 1.53. The Morgan fingerprint density at radius 3 is 2.24 bits per heavy atom. The number of hydrogen-bond donors (Lipinski definition) is 1. The van der Waals surface area contributed by atoms with Gasteiger partial charge in [0.05, 0.1) is 12.2 Å². The number of morpholine rings is 1. The van der Waals surface area contributed by atoms with Crippen molar-refractivity contribution in [1.82, 2.24) is 10.2 Å². The lowest BCUT2D eigenvalue weighted by Crippen LogP contribution is -2.48. The standard InChI is InChI=1S/C21H32N2O2/c1-16-14-23(15-17(2)25-16)21(24)19-11-9-18(10-12-19)13-22-20-7-5-3-4-6-8-20/h9-12,16-17,20,22H,3-8,13-15H2,1-2H3. The minimum atomic E-state index is 0.107. The molecule has 1 aromatic rings. The Hall–Kier alpha value is -1.39. The summed E-state index contributed by atoms with van der Waals surface area (Å²) in [5.74, 6) is 0.116. The van der Waals surface area contributed by atoms with Crippen LogP contribution < -0.4 is 5.32 Å². The lowest BCUT2D eigenvalue weighted by atomic mass is 10.1. The fourth-order valence-corrected chi connectivity index (χ4v) is 4.04. The highest BCUT2D eigenvalue weighted by atomic mass is 16.5. The summed E-state index contributed by atoms with van der Waals surface area (Å²) in [6.07, 6.45) is 8.27. The first-order valence-corrected chi connectivity index (χ1v) is 9.89. The van der Waals surface area contributed by atoms with E-state index in [9.17, 15) is 4.79 Å². The third kappa shape index (κ3) is 5.29. The van der Waals surface area contributed by atoms with Crippen LogP contribution in [0.25, 0.3) is 0 Å². The molecule has 0 bridgehead atoms. The predicted molar refractivity (Wildman–Crippen MR) is 101 cm³/mol. The number of ether oxygens (including phenoxy) is 1. The monoisotopic (exact) mass is 344 g/mol. The van der Waals surface area contributed by atoms with Gasteiger partial charge >= 0.3 is 0 Å². The summed E-state index contributed by atoms with van der Waals surface area (Å²) in [6, 6.07) is 8.77. The zero-order valence-corrected chi connectivity index (χ0v) is 15.7. The van der Waals surface area contributed by atoms with E-state index in [0.717, 1.165) is 12.1 Å². The molecule has 1 N–H and O–H groups in total. The zero-order chi connectivity index (χ0) is 17.6. The molecule has 2 aliphatic rings. The Morgan fingerprint density at radius 2 is 1.64 bits per heavy atom. The molecule has 1 saturated heterocycles. The summed E-state index contributed by atoms with van der Waals surface area (Å²) < 4.78 is 5.72. The molecule has 4 nitrogen and oxygen atoms in total. The van der Waals surface area contributed by atoms with Crippen molar-refractivity contribution < 1.29 is 9.53 Å². The lowest BCUT2D eigenvalue weighted by molar-refractivity contribution is -0.0586. The van der Waals surface area contributed by atoms with Gasteiger partial charge in [-0.2, -0.15) is 0 Å². The maximum atomic E-state index is 12.7. The topological polar surface area (TPSA) is 41.6 Å². The average Bonchev–Trinajstić information content (AvgIpc) is 2.88. The van der Waals surface area contributed by atoms with Crippen molar-refractivity contribution in [3.8, 4) is 0 Å². The van der Waals surface area contributed by atoms with Crippen molar-refractivity contribution in [2.24, 2.45) is 0 Å². The molecular formula is C21H32N2O2. The molecular weight excluding hydrogens is 312 g/mol. The van der Waals surface area contributed by atoms with Crippen molar-refractivity contribution in [3.05, 3.63) is 35.4 Å². The molecule has 1 amide bonds. The van der Waals surface area contributed by atoms with E-state index in [4.69, 9.17) is 4.74 Å². The third-order valence-corrected chi connectivity index (χ3v) is 5.36. The largest absolute Gasteiger partial charge is 0.372 e. The van der Waals surface area contributed by atoms with E-state index in [1.807, 2.05) is 30.9 Å². The quantitative estimate of drug-likeness (QED) is 0.846. The Kier molecular flexibility index (Phi) is 6.49. The Morgan fingerprint density at radius 1 is 1.04 bits per heavy atom. The van der Waals surface area contributed by atoms with E-state index < -0.39 is 0 Å². The molecule has 2 atom stereocenters. The summed E-state index contributed by atoms with van der Waals surface area (Å²) in [6.45, 7) is 6.30. The van der Waals surface area contributed by atoms with Crippen LogP contribution in [0.1, 0.15) is 68.3 Å². The third-order valence-electron chi connectivity index (χ3n) is 5.36. The molecule has 3 rings (SSSR count). The summed E-state index contributed by atoms with van der Waals surface area (Å²) in [5, 5.41) is 3.69. The molecule has 0 radical (unpaired) electrons. The number of hydrogen-bond acceptors (Lipinski definition) is 3. The Bertz CT molecular complexity index is 540. The van der Waals surface area contributed by atoms with Gasteiger partial charge in [0.2, 0.25) is 0 Å². The molecule has 0 aromatic heterocycles. The van der Waals surface area contributed by atoms with E-state index in [1.54, 1.807) is 0 Å². The number of nitrogens with zero attached hydrogens (tertiary/aromatic N) is 1. The first kappa shape index (κ1) is 18.4. The number of nitrogens with one attached hydrogen (secondary N) is 1. The van der Waals surface area contributed by atoms with E-state index in [-0.39, 0.29) is 18.1 Å². The minimum Gasteiger partial charge on any atom is -0.372 e. The van der Waals surface area contributed by atoms with Crippen LogP contribution in [0, 0.1) is 0 Å². The highest BCUT2D eigenvalue weighted by molar-refractivity contribution is 5.94. The van der Waals surface area contributed by atoms with Gasteiger partial charge in [-0.15, -0.1) is 0 Å². The molecule has 1 saturated carbocycles. The molecule has 1 heterocycles. The van der Waals surface area contributed by atoms with Crippen molar-refractivity contribution in [2.45, 2.75) is 77.2 Å². The van der Waals surface area contributed by atoms with Crippen LogP contribution in [0.15, 0.2) is 24.3 Å². The SMILES string of the molecule is CC1CN(C(=O)c2ccc(CNC3CCCCCC3)cc2)CC(C)O1. The number of rotatable bonds is 4.